The van der Waals surface area contributed by atoms with Crippen LogP contribution in [0.15, 0.2) is 18.2 Å². The Balaban J connectivity index is 2.23. The van der Waals surface area contributed by atoms with Crippen LogP contribution >= 0.6 is 11.6 Å². The van der Waals surface area contributed by atoms with Gasteiger partial charge in [0.05, 0.1) is 18.2 Å². The van der Waals surface area contributed by atoms with E-state index in [2.05, 4.69) is 5.43 Å². The van der Waals surface area contributed by atoms with Crippen molar-refractivity contribution < 1.29 is 9.13 Å². The molecule has 0 radical (unpaired) electrons. The summed E-state index contributed by atoms with van der Waals surface area (Å²) in [6.45, 7) is 2.01. The first-order valence-electron chi connectivity index (χ1n) is 5.68. The second kappa shape index (κ2) is 5.31. The first-order valence-corrected chi connectivity index (χ1v) is 6.06. The van der Waals surface area contributed by atoms with Crippen LogP contribution in [0.1, 0.15) is 31.4 Å². The average molecular weight is 259 g/mol. The summed E-state index contributed by atoms with van der Waals surface area (Å²) in [5.74, 6) is 5.15. The van der Waals surface area contributed by atoms with Gasteiger partial charge < -0.3 is 4.74 Å². The summed E-state index contributed by atoms with van der Waals surface area (Å²) in [7, 11) is 0. The first-order chi connectivity index (χ1) is 8.11. The van der Waals surface area contributed by atoms with Gasteiger partial charge in [0, 0.05) is 10.6 Å². The molecule has 3 nitrogen and oxygen atoms in total. The third-order valence-corrected chi connectivity index (χ3v) is 3.35. The van der Waals surface area contributed by atoms with E-state index in [9.17, 15) is 4.39 Å². The highest BCUT2D eigenvalue weighted by Gasteiger charge is 2.31. The summed E-state index contributed by atoms with van der Waals surface area (Å²) in [6.07, 6.45) is 1.95. The highest BCUT2D eigenvalue weighted by Crippen LogP contribution is 2.31. The summed E-state index contributed by atoms with van der Waals surface area (Å²) in [5, 5.41) is 0.378. The van der Waals surface area contributed by atoms with Crippen LogP contribution in [0.3, 0.4) is 0 Å². The minimum absolute atomic E-state index is 0.0920. The van der Waals surface area contributed by atoms with Crippen LogP contribution in [-0.4, -0.2) is 12.2 Å². The van der Waals surface area contributed by atoms with E-state index in [1.54, 1.807) is 12.1 Å². The molecule has 3 atom stereocenters. The molecule has 94 valence electrons. The molecule has 0 saturated carbocycles. The van der Waals surface area contributed by atoms with Gasteiger partial charge in [-0.1, -0.05) is 17.7 Å². The van der Waals surface area contributed by atoms with Gasteiger partial charge in [0.1, 0.15) is 5.82 Å². The molecule has 1 heterocycles. The molecule has 0 aromatic heterocycles. The number of hydrogen-bond donors (Lipinski definition) is 2. The number of nitrogens with two attached hydrogens (primary N) is 1. The number of nitrogens with one attached hydrogen (secondary N) is 1. The van der Waals surface area contributed by atoms with E-state index in [0.29, 0.717) is 10.6 Å². The number of ether oxygens (including phenoxy) is 1. The largest absolute Gasteiger partial charge is 0.373 e. The molecule has 0 amide bonds. The molecular weight excluding hydrogens is 243 g/mol. The van der Waals surface area contributed by atoms with E-state index in [-0.39, 0.29) is 24.1 Å². The third-order valence-electron chi connectivity index (χ3n) is 3.11. The van der Waals surface area contributed by atoms with Crippen LogP contribution in [-0.2, 0) is 4.74 Å². The van der Waals surface area contributed by atoms with E-state index in [0.717, 1.165) is 12.8 Å². The number of benzene rings is 1. The Hall–Kier alpha value is -0.680. The molecule has 1 saturated heterocycles. The zero-order valence-electron chi connectivity index (χ0n) is 9.62. The maximum Gasteiger partial charge on any atom is 0.129 e. The SMILES string of the molecule is CC1CCC(C(NN)c2ccc(Cl)cc2F)O1. The number of hydrazine groups is 1. The lowest BCUT2D eigenvalue weighted by Gasteiger charge is -2.23. The summed E-state index contributed by atoms with van der Waals surface area (Å²) in [6, 6.07) is 4.26. The highest BCUT2D eigenvalue weighted by molar-refractivity contribution is 6.30. The molecule has 3 unspecified atom stereocenters. The lowest BCUT2D eigenvalue weighted by Crippen LogP contribution is -2.37. The Morgan fingerprint density at radius 3 is 2.82 bits per heavy atom. The van der Waals surface area contributed by atoms with Crippen molar-refractivity contribution in [3.63, 3.8) is 0 Å². The summed E-state index contributed by atoms with van der Waals surface area (Å²) < 4.78 is 19.5. The molecule has 0 aliphatic carbocycles. The van der Waals surface area contributed by atoms with Gasteiger partial charge in [0.2, 0.25) is 0 Å². The van der Waals surface area contributed by atoms with Crippen molar-refractivity contribution in [2.45, 2.75) is 38.0 Å². The fourth-order valence-corrected chi connectivity index (χ4v) is 2.39. The Bertz CT molecular complexity index is 402. The van der Waals surface area contributed by atoms with Crippen molar-refractivity contribution >= 4 is 11.6 Å². The standard InChI is InChI=1S/C12H16ClFN2O/c1-7-2-5-11(17-7)12(16-15)9-4-3-8(13)6-10(9)14/h3-4,6-7,11-12,16H,2,5,15H2,1H3. The van der Waals surface area contributed by atoms with Crippen LogP contribution in [0.5, 0.6) is 0 Å². The first kappa shape index (κ1) is 12.8. The minimum atomic E-state index is -0.358. The quantitative estimate of drug-likeness (QED) is 0.647. The molecule has 1 fully saturated rings. The molecular formula is C12H16ClFN2O. The monoisotopic (exact) mass is 258 g/mol. The fraction of sp³-hybridized carbons (Fsp3) is 0.500. The number of hydrogen-bond acceptors (Lipinski definition) is 3. The molecule has 0 bridgehead atoms. The minimum Gasteiger partial charge on any atom is -0.373 e. The van der Waals surface area contributed by atoms with Gasteiger partial charge in [-0.2, -0.15) is 0 Å². The number of halogens is 2. The topological polar surface area (TPSA) is 47.3 Å². The molecule has 1 aromatic carbocycles. The maximum atomic E-state index is 13.8. The number of rotatable bonds is 3. The van der Waals surface area contributed by atoms with E-state index in [1.807, 2.05) is 6.92 Å². The van der Waals surface area contributed by atoms with Crippen molar-refractivity contribution in [2.24, 2.45) is 5.84 Å². The van der Waals surface area contributed by atoms with Crippen molar-refractivity contribution in [1.29, 1.82) is 0 Å². The highest BCUT2D eigenvalue weighted by atomic mass is 35.5. The van der Waals surface area contributed by atoms with E-state index >= 15 is 0 Å². The van der Waals surface area contributed by atoms with Crippen LogP contribution in [0.4, 0.5) is 4.39 Å². The zero-order chi connectivity index (χ0) is 12.4. The Labute approximate surface area is 105 Å². The predicted molar refractivity (Wildman–Crippen MR) is 65.0 cm³/mol. The Morgan fingerprint density at radius 2 is 2.29 bits per heavy atom. The van der Waals surface area contributed by atoms with Crippen molar-refractivity contribution in [2.75, 3.05) is 0 Å². The summed E-state index contributed by atoms with van der Waals surface area (Å²) in [4.78, 5) is 0. The van der Waals surface area contributed by atoms with E-state index < -0.39 is 0 Å². The molecule has 5 heteroatoms. The van der Waals surface area contributed by atoms with Gasteiger partial charge in [-0.15, -0.1) is 0 Å². The van der Waals surface area contributed by atoms with Gasteiger partial charge in [-0.3, -0.25) is 11.3 Å². The van der Waals surface area contributed by atoms with Crippen LogP contribution in [0, 0.1) is 5.82 Å². The molecule has 1 aliphatic rings. The van der Waals surface area contributed by atoms with Crippen molar-refractivity contribution in [3.05, 3.63) is 34.6 Å². The lowest BCUT2D eigenvalue weighted by molar-refractivity contribution is 0.0308. The molecule has 3 N–H and O–H groups in total. The fourth-order valence-electron chi connectivity index (χ4n) is 2.23. The molecule has 2 rings (SSSR count). The van der Waals surface area contributed by atoms with E-state index in [1.165, 1.54) is 6.07 Å². The Morgan fingerprint density at radius 1 is 1.53 bits per heavy atom. The summed E-state index contributed by atoms with van der Waals surface area (Å²) in [5.41, 5.74) is 3.13. The second-order valence-corrected chi connectivity index (χ2v) is 4.81. The molecule has 1 aliphatic heterocycles. The average Bonchev–Trinajstić information content (AvgIpc) is 2.69. The third kappa shape index (κ3) is 2.77. The molecule has 17 heavy (non-hydrogen) atoms. The Kier molecular flexibility index (Phi) is 3.99. The van der Waals surface area contributed by atoms with Crippen molar-refractivity contribution in [1.82, 2.24) is 5.43 Å². The predicted octanol–water partition coefficient (Wildman–Crippen LogP) is 2.55. The molecule has 1 aromatic rings. The lowest BCUT2D eigenvalue weighted by atomic mass is 9.99. The smallest absolute Gasteiger partial charge is 0.129 e. The van der Waals surface area contributed by atoms with Crippen LogP contribution in [0.2, 0.25) is 5.02 Å². The summed E-state index contributed by atoms with van der Waals surface area (Å²) >= 11 is 5.72. The van der Waals surface area contributed by atoms with Crippen LogP contribution < -0.4 is 11.3 Å². The van der Waals surface area contributed by atoms with Gasteiger partial charge in [0.25, 0.3) is 0 Å². The van der Waals surface area contributed by atoms with Gasteiger partial charge in [-0.05, 0) is 31.9 Å². The maximum absolute atomic E-state index is 13.8. The normalized spacial score (nSPS) is 26.1. The second-order valence-electron chi connectivity index (χ2n) is 4.37. The van der Waals surface area contributed by atoms with E-state index in [4.69, 9.17) is 22.2 Å². The van der Waals surface area contributed by atoms with Gasteiger partial charge in [-0.25, -0.2) is 4.39 Å². The van der Waals surface area contributed by atoms with Gasteiger partial charge in [0.15, 0.2) is 0 Å². The van der Waals surface area contributed by atoms with Crippen LogP contribution in [0.25, 0.3) is 0 Å². The van der Waals surface area contributed by atoms with Crippen molar-refractivity contribution in [3.8, 4) is 0 Å². The molecule has 0 spiro atoms. The zero-order valence-corrected chi connectivity index (χ0v) is 10.4. The van der Waals surface area contributed by atoms with Gasteiger partial charge >= 0.3 is 0 Å².